The van der Waals surface area contributed by atoms with Gasteiger partial charge in [-0.2, -0.15) is 0 Å². The molecule has 0 aromatic heterocycles. The minimum Gasteiger partial charge on any atom is -0.392 e. The predicted octanol–water partition coefficient (Wildman–Crippen LogP) is 4.25. The molecule has 0 radical (unpaired) electrons. The van der Waals surface area contributed by atoms with Crippen LogP contribution in [0.4, 0.5) is 0 Å². The summed E-state index contributed by atoms with van der Waals surface area (Å²) in [6.07, 6.45) is 0.872. The van der Waals surface area contributed by atoms with E-state index in [1.54, 1.807) is 0 Å². The third kappa shape index (κ3) is 4.13. The summed E-state index contributed by atoms with van der Waals surface area (Å²) in [5.74, 6) is 0. The van der Waals surface area contributed by atoms with E-state index in [9.17, 15) is 5.11 Å². The minimum atomic E-state index is -0.391. The third-order valence-corrected chi connectivity index (χ3v) is 3.45. The Morgan fingerprint density at radius 3 is 2.22 bits per heavy atom. The van der Waals surface area contributed by atoms with E-state index in [1.807, 2.05) is 48.5 Å². The molecular weight excluding hydrogens is 312 g/mol. The van der Waals surface area contributed by atoms with Crippen LogP contribution >= 0.6 is 27.5 Å². The second-order valence-corrected chi connectivity index (χ2v) is 5.67. The van der Waals surface area contributed by atoms with Gasteiger partial charge in [-0.25, -0.2) is 0 Å². The van der Waals surface area contributed by atoms with Crippen LogP contribution in [0.3, 0.4) is 0 Å². The smallest absolute Gasteiger partial charge is 0.0620 e. The summed E-state index contributed by atoms with van der Waals surface area (Å²) in [7, 11) is 0. The van der Waals surface area contributed by atoms with E-state index in [0.717, 1.165) is 15.6 Å². The highest BCUT2D eigenvalue weighted by Gasteiger charge is 2.07. The van der Waals surface area contributed by atoms with Gasteiger partial charge < -0.3 is 5.11 Å². The minimum absolute atomic E-state index is 0.391. The van der Waals surface area contributed by atoms with Crippen LogP contribution in [0.25, 0.3) is 0 Å². The largest absolute Gasteiger partial charge is 0.392 e. The summed E-state index contributed by atoms with van der Waals surface area (Å²) in [6.45, 7) is 0. The fourth-order valence-corrected chi connectivity index (χ4v) is 2.60. The summed E-state index contributed by atoms with van der Waals surface area (Å²) >= 11 is 9.35. The van der Waals surface area contributed by atoms with Crippen molar-refractivity contribution in [3.8, 4) is 0 Å². The van der Waals surface area contributed by atoms with Gasteiger partial charge in [0.25, 0.3) is 0 Å². The van der Waals surface area contributed by atoms with Gasteiger partial charge in [-0.3, -0.25) is 0 Å². The van der Waals surface area contributed by atoms with E-state index in [1.165, 1.54) is 0 Å². The van der Waals surface area contributed by atoms with Crippen LogP contribution in [0, 0.1) is 0 Å². The van der Waals surface area contributed by atoms with Crippen molar-refractivity contribution in [2.45, 2.75) is 18.9 Å². The normalized spacial score (nSPS) is 12.4. The van der Waals surface area contributed by atoms with Crippen LogP contribution in [0.1, 0.15) is 11.1 Å². The maximum absolute atomic E-state index is 10.1. The van der Waals surface area contributed by atoms with Gasteiger partial charge in [0.05, 0.1) is 6.10 Å². The van der Waals surface area contributed by atoms with Crippen LogP contribution in [0.5, 0.6) is 0 Å². The first-order valence-corrected chi connectivity index (χ1v) is 6.97. The van der Waals surface area contributed by atoms with E-state index in [2.05, 4.69) is 15.9 Å². The molecule has 18 heavy (non-hydrogen) atoms. The number of rotatable bonds is 4. The highest BCUT2D eigenvalue weighted by atomic mass is 79.9. The molecule has 2 aromatic rings. The Labute approximate surface area is 121 Å². The van der Waals surface area contributed by atoms with E-state index < -0.39 is 6.10 Å². The summed E-state index contributed by atoms with van der Waals surface area (Å²) in [5, 5.41) is 10.8. The fraction of sp³-hybridized carbons (Fsp3) is 0.200. The van der Waals surface area contributed by atoms with Crippen molar-refractivity contribution in [3.63, 3.8) is 0 Å². The van der Waals surface area contributed by atoms with Gasteiger partial charge >= 0.3 is 0 Å². The molecule has 3 heteroatoms. The average Bonchev–Trinajstić information content (AvgIpc) is 2.28. The van der Waals surface area contributed by atoms with E-state index >= 15 is 0 Å². The van der Waals surface area contributed by atoms with Crippen LogP contribution in [-0.2, 0) is 12.8 Å². The first kappa shape index (κ1) is 13.6. The maximum atomic E-state index is 10.1. The summed E-state index contributed by atoms with van der Waals surface area (Å²) < 4.78 is 1.04. The van der Waals surface area contributed by atoms with E-state index in [4.69, 9.17) is 11.6 Å². The van der Waals surface area contributed by atoms with Crippen molar-refractivity contribution in [1.82, 2.24) is 0 Å². The topological polar surface area (TPSA) is 20.2 Å². The zero-order valence-corrected chi connectivity index (χ0v) is 12.2. The Morgan fingerprint density at radius 2 is 1.61 bits per heavy atom. The van der Waals surface area contributed by atoms with Gasteiger partial charge in [0.15, 0.2) is 0 Å². The molecule has 0 saturated heterocycles. The number of benzene rings is 2. The lowest BCUT2D eigenvalue weighted by Gasteiger charge is -2.11. The van der Waals surface area contributed by atoms with Crippen LogP contribution in [0.15, 0.2) is 53.0 Å². The average molecular weight is 326 g/mol. The van der Waals surface area contributed by atoms with Crippen LogP contribution in [0.2, 0.25) is 5.02 Å². The van der Waals surface area contributed by atoms with Crippen molar-refractivity contribution < 1.29 is 5.11 Å². The van der Waals surface area contributed by atoms with Crippen LogP contribution < -0.4 is 0 Å². The van der Waals surface area contributed by atoms with Gasteiger partial charge in [-0.05, 0) is 48.2 Å². The van der Waals surface area contributed by atoms with Gasteiger partial charge in [-0.15, -0.1) is 0 Å². The first-order valence-electron chi connectivity index (χ1n) is 5.80. The number of aliphatic hydroxyl groups excluding tert-OH is 1. The van der Waals surface area contributed by atoms with Crippen molar-refractivity contribution in [2.24, 2.45) is 0 Å². The molecule has 94 valence electrons. The molecule has 0 aliphatic carbocycles. The molecule has 1 atom stereocenters. The highest BCUT2D eigenvalue weighted by molar-refractivity contribution is 9.10. The summed E-state index contributed by atoms with van der Waals surface area (Å²) in [5.41, 5.74) is 2.18. The predicted molar refractivity (Wildman–Crippen MR) is 79.0 cm³/mol. The monoisotopic (exact) mass is 324 g/mol. The Kier molecular flexibility index (Phi) is 4.81. The van der Waals surface area contributed by atoms with Crippen LogP contribution in [-0.4, -0.2) is 11.2 Å². The molecule has 2 aromatic carbocycles. The zero-order chi connectivity index (χ0) is 13.0. The van der Waals surface area contributed by atoms with Gasteiger partial charge in [0.2, 0.25) is 0 Å². The molecule has 0 heterocycles. The molecule has 0 aliphatic heterocycles. The Morgan fingerprint density at radius 1 is 1.00 bits per heavy atom. The quantitative estimate of drug-likeness (QED) is 0.891. The van der Waals surface area contributed by atoms with E-state index in [0.29, 0.717) is 17.9 Å². The van der Waals surface area contributed by atoms with E-state index in [-0.39, 0.29) is 0 Å². The maximum Gasteiger partial charge on any atom is 0.0620 e. The molecule has 0 spiro atoms. The molecular formula is C15H14BrClO. The van der Waals surface area contributed by atoms with Gasteiger partial charge in [0.1, 0.15) is 0 Å². The standard InChI is InChI=1S/C15H14BrClO/c16-13-5-1-3-11(7-13)9-15(18)10-12-4-2-6-14(17)8-12/h1-8,15,18H,9-10H2. The van der Waals surface area contributed by atoms with Crippen molar-refractivity contribution in [1.29, 1.82) is 0 Å². The van der Waals surface area contributed by atoms with Crippen molar-refractivity contribution >= 4 is 27.5 Å². The van der Waals surface area contributed by atoms with Gasteiger partial charge in [-0.1, -0.05) is 51.8 Å². The molecule has 1 unspecified atom stereocenters. The summed E-state index contributed by atoms with van der Waals surface area (Å²) in [4.78, 5) is 0. The molecule has 1 nitrogen and oxygen atoms in total. The molecule has 2 rings (SSSR count). The van der Waals surface area contributed by atoms with Crippen molar-refractivity contribution in [2.75, 3.05) is 0 Å². The molecule has 0 saturated carbocycles. The lowest BCUT2D eigenvalue weighted by molar-refractivity contribution is 0.175. The van der Waals surface area contributed by atoms with Gasteiger partial charge in [0, 0.05) is 9.50 Å². The Balaban J connectivity index is 1.98. The lowest BCUT2D eigenvalue weighted by Crippen LogP contribution is -2.13. The fourth-order valence-electron chi connectivity index (χ4n) is 1.94. The summed E-state index contributed by atoms with van der Waals surface area (Å²) in [6, 6.07) is 15.6. The molecule has 0 fully saturated rings. The zero-order valence-electron chi connectivity index (χ0n) is 9.81. The first-order chi connectivity index (χ1) is 8.63. The third-order valence-electron chi connectivity index (χ3n) is 2.72. The highest BCUT2D eigenvalue weighted by Crippen LogP contribution is 2.16. The second kappa shape index (κ2) is 6.37. The second-order valence-electron chi connectivity index (χ2n) is 4.32. The molecule has 0 aliphatic rings. The number of hydrogen-bond donors (Lipinski definition) is 1. The SMILES string of the molecule is OC(Cc1cccc(Cl)c1)Cc1cccc(Br)c1. The molecule has 0 bridgehead atoms. The van der Waals surface area contributed by atoms with Crippen molar-refractivity contribution in [3.05, 3.63) is 69.2 Å². The Bertz CT molecular complexity index is 480. The lowest BCUT2D eigenvalue weighted by atomic mass is 10.0. The number of aliphatic hydroxyl groups is 1. The number of hydrogen-bond acceptors (Lipinski definition) is 1. The number of halogens is 2. The molecule has 0 amide bonds. The Hall–Kier alpha value is -0.830. The molecule has 1 N–H and O–H groups in total.